The summed E-state index contributed by atoms with van der Waals surface area (Å²) in [6.45, 7) is 0.115. The number of nitrogens with zero attached hydrogens (tertiary/aromatic N) is 1. The van der Waals surface area contributed by atoms with Crippen molar-refractivity contribution in [1.29, 1.82) is 0 Å². The molecule has 0 saturated carbocycles. The number of carbonyl (C=O) groups excluding carboxylic acids is 1. The van der Waals surface area contributed by atoms with Gasteiger partial charge in [0.1, 0.15) is 4.60 Å². The van der Waals surface area contributed by atoms with Gasteiger partial charge in [0.05, 0.1) is 12.0 Å². The number of aromatic nitrogens is 1. The number of carboxylic acids is 1. The van der Waals surface area contributed by atoms with Gasteiger partial charge in [0.2, 0.25) is 0 Å². The number of pyridine rings is 1. The SMILES string of the molecule is O=C(O)CCNC(=O)c1ccc(Br)nc1. The highest BCUT2D eigenvalue weighted by atomic mass is 79.9. The molecule has 5 nitrogen and oxygen atoms in total. The van der Waals surface area contributed by atoms with Gasteiger partial charge in [-0.05, 0) is 28.1 Å². The highest BCUT2D eigenvalue weighted by molar-refractivity contribution is 9.10. The third-order valence-electron chi connectivity index (χ3n) is 1.61. The van der Waals surface area contributed by atoms with Crippen LogP contribution in [0.5, 0.6) is 0 Å². The predicted octanol–water partition coefficient (Wildman–Crippen LogP) is 1.05. The second-order valence-corrected chi connectivity index (χ2v) is 3.58. The van der Waals surface area contributed by atoms with Crippen LogP contribution in [0.25, 0.3) is 0 Å². The van der Waals surface area contributed by atoms with E-state index >= 15 is 0 Å². The summed E-state index contributed by atoms with van der Waals surface area (Å²) in [6.07, 6.45) is 1.33. The molecule has 1 aromatic heterocycles. The third kappa shape index (κ3) is 4.07. The van der Waals surface area contributed by atoms with E-state index < -0.39 is 5.97 Å². The smallest absolute Gasteiger partial charge is 0.305 e. The molecule has 0 atom stereocenters. The molecule has 0 bridgehead atoms. The zero-order valence-electron chi connectivity index (χ0n) is 7.74. The fourth-order valence-electron chi connectivity index (χ4n) is 0.895. The molecular formula is C9H9BrN2O3. The normalized spacial score (nSPS) is 9.67. The van der Waals surface area contributed by atoms with Crippen LogP contribution in [-0.4, -0.2) is 28.5 Å². The van der Waals surface area contributed by atoms with Gasteiger partial charge in [-0.15, -0.1) is 0 Å². The van der Waals surface area contributed by atoms with E-state index in [1.54, 1.807) is 12.1 Å². The van der Waals surface area contributed by atoms with E-state index in [2.05, 4.69) is 26.2 Å². The lowest BCUT2D eigenvalue weighted by molar-refractivity contribution is -0.136. The van der Waals surface area contributed by atoms with Crippen LogP contribution >= 0.6 is 15.9 Å². The quantitative estimate of drug-likeness (QED) is 0.803. The van der Waals surface area contributed by atoms with E-state index in [1.165, 1.54) is 6.20 Å². The van der Waals surface area contributed by atoms with Crippen LogP contribution < -0.4 is 5.32 Å². The Balaban J connectivity index is 2.47. The number of hydrogen-bond donors (Lipinski definition) is 2. The van der Waals surface area contributed by atoms with Gasteiger partial charge in [0.15, 0.2) is 0 Å². The number of aliphatic carboxylic acids is 1. The Kier molecular flexibility index (Phi) is 4.23. The van der Waals surface area contributed by atoms with Gasteiger partial charge in [-0.25, -0.2) is 4.98 Å². The number of carbonyl (C=O) groups is 2. The van der Waals surface area contributed by atoms with Crippen LogP contribution in [0.4, 0.5) is 0 Å². The summed E-state index contributed by atoms with van der Waals surface area (Å²) in [7, 11) is 0. The lowest BCUT2D eigenvalue weighted by Crippen LogP contribution is -2.26. The molecular weight excluding hydrogens is 264 g/mol. The highest BCUT2D eigenvalue weighted by Crippen LogP contribution is 2.05. The molecule has 1 aromatic rings. The molecule has 0 saturated heterocycles. The second kappa shape index (κ2) is 5.45. The van der Waals surface area contributed by atoms with Crippen molar-refractivity contribution >= 4 is 27.8 Å². The van der Waals surface area contributed by atoms with Crippen molar-refractivity contribution in [3.05, 3.63) is 28.5 Å². The Morgan fingerprint density at radius 3 is 2.73 bits per heavy atom. The summed E-state index contributed by atoms with van der Waals surface area (Å²) in [5, 5.41) is 10.8. The lowest BCUT2D eigenvalue weighted by Gasteiger charge is -2.02. The Morgan fingerprint density at radius 2 is 2.20 bits per heavy atom. The maximum Gasteiger partial charge on any atom is 0.305 e. The standard InChI is InChI=1S/C9H9BrN2O3/c10-7-2-1-6(5-12-7)9(15)11-4-3-8(13)14/h1-2,5H,3-4H2,(H,11,15)(H,13,14). The topological polar surface area (TPSA) is 79.3 Å². The molecule has 1 heterocycles. The Hall–Kier alpha value is -1.43. The van der Waals surface area contributed by atoms with Gasteiger partial charge >= 0.3 is 5.97 Å². The molecule has 15 heavy (non-hydrogen) atoms. The van der Waals surface area contributed by atoms with Crippen molar-refractivity contribution in [1.82, 2.24) is 10.3 Å². The molecule has 0 aromatic carbocycles. The monoisotopic (exact) mass is 272 g/mol. The van der Waals surface area contributed by atoms with Crippen molar-refractivity contribution < 1.29 is 14.7 Å². The van der Waals surface area contributed by atoms with Crippen LogP contribution in [0.15, 0.2) is 22.9 Å². The molecule has 80 valence electrons. The van der Waals surface area contributed by atoms with Gasteiger partial charge < -0.3 is 10.4 Å². The summed E-state index contributed by atoms with van der Waals surface area (Å²) >= 11 is 3.15. The molecule has 0 spiro atoms. The summed E-state index contributed by atoms with van der Waals surface area (Å²) in [5.41, 5.74) is 0.406. The van der Waals surface area contributed by atoms with Gasteiger partial charge in [-0.1, -0.05) is 0 Å². The third-order valence-corrected chi connectivity index (χ3v) is 2.08. The van der Waals surface area contributed by atoms with E-state index in [-0.39, 0.29) is 18.9 Å². The number of hydrogen-bond acceptors (Lipinski definition) is 3. The Bertz CT molecular complexity index is 364. The maximum absolute atomic E-state index is 11.4. The minimum Gasteiger partial charge on any atom is -0.481 e. The summed E-state index contributed by atoms with van der Waals surface area (Å²) in [6, 6.07) is 3.25. The Labute approximate surface area is 94.6 Å². The van der Waals surface area contributed by atoms with E-state index in [9.17, 15) is 9.59 Å². The van der Waals surface area contributed by atoms with Crippen molar-refractivity contribution in [2.24, 2.45) is 0 Å². The minimum absolute atomic E-state index is 0.0876. The van der Waals surface area contributed by atoms with Crippen molar-refractivity contribution in [2.75, 3.05) is 6.54 Å². The zero-order chi connectivity index (χ0) is 11.3. The first-order chi connectivity index (χ1) is 7.09. The molecule has 0 aliphatic carbocycles. The maximum atomic E-state index is 11.4. The van der Waals surface area contributed by atoms with E-state index in [1.807, 2.05) is 0 Å². The van der Waals surface area contributed by atoms with Crippen LogP contribution in [0.3, 0.4) is 0 Å². The molecule has 0 aliphatic heterocycles. The predicted molar refractivity (Wildman–Crippen MR) is 56.5 cm³/mol. The van der Waals surface area contributed by atoms with Gasteiger partial charge in [0.25, 0.3) is 5.91 Å². The van der Waals surface area contributed by atoms with Crippen molar-refractivity contribution in [3.8, 4) is 0 Å². The van der Waals surface area contributed by atoms with Gasteiger partial charge in [-0.3, -0.25) is 9.59 Å². The lowest BCUT2D eigenvalue weighted by atomic mass is 10.2. The van der Waals surface area contributed by atoms with Crippen LogP contribution in [0, 0.1) is 0 Å². The fraction of sp³-hybridized carbons (Fsp3) is 0.222. The van der Waals surface area contributed by atoms with E-state index in [0.29, 0.717) is 10.2 Å². The average Bonchev–Trinajstić information content (AvgIpc) is 2.18. The first-order valence-corrected chi connectivity index (χ1v) is 5.00. The molecule has 0 radical (unpaired) electrons. The van der Waals surface area contributed by atoms with Crippen molar-refractivity contribution in [2.45, 2.75) is 6.42 Å². The fourth-order valence-corrected chi connectivity index (χ4v) is 1.13. The largest absolute Gasteiger partial charge is 0.481 e. The molecule has 0 fully saturated rings. The summed E-state index contributed by atoms with van der Waals surface area (Å²) in [5.74, 6) is -1.26. The molecule has 0 unspecified atom stereocenters. The van der Waals surface area contributed by atoms with E-state index in [0.717, 1.165) is 0 Å². The second-order valence-electron chi connectivity index (χ2n) is 2.77. The highest BCUT2D eigenvalue weighted by Gasteiger charge is 2.05. The minimum atomic E-state index is -0.941. The van der Waals surface area contributed by atoms with Gasteiger partial charge in [0, 0.05) is 12.7 Å². The number of carboxylic acid groups (broad SMARTS) is 1. The number of rotatable bonds is 4. The average molecular weight is 273 g/mol. The van der Waals surface area contributed by atoms with Crippen LogP contribution in [0.2, 0.25) is 0 Å². The Morgan fingerprint density at radius 1 is 1.47 bits per heavy atom. The number of nitrogens with one attached hydrogen (secondary N) is 1. The summed E-state index contributed by atoms with van der Waals surface area (Å²) < 4.78 is 0.643. The number of halogens is 1. The van der Waals surface area contributed by atoms with Crippen LogP contribution in [0.1, 0.15) is 16.8 Å². The zero-order valence-corrected chi connectivity index (χ0v) is 9.32. The molecule has 1 amide bonds. The first kappa shape index (κ1) is 11.6. The summed E-state index contributed by atoms with van der Waals surface area (Å²) in [4.78, 5) is 25.5. The van der Waals surface area contributed by atoms with E-state index in [4.69, 9.17) is 5.11 Å². The van der Waals surface area contributed by atoms with Crippen LogP contribution in [-0.2, 0) is 4.79 Å². The van der Waals surface area contributed by atoms with Crippen molar-refractivity contribution in [3.63, 3.8) is 0 Å². The molecule has 2 N–H and O–H groups in total. The van der Waals surface area contributed by atoms with Gasteiger partial charge in [-0.2, -0.15) is 0 Å². The molecule has 1 rings (SSSR count). The molecule has 0 aliphatic rings. The molecule has 6 heteroatoms. The number of amides is 1. The first-order valence-electron chi connectivity index (χ1n) is 4.21.